The van der Waals surface area contributed by atoms with E-state index in [1.807, 2.05) is 0 Å². The van der Waals surface area contributed by atoms with E-state index in [0.717, 1.165) is 0 Å². The highest BCUT2D eigenvalue weighted by atomic mass is 79.9. The number of nitrogens with one attached hydrogen (secondary N) is 2. The number of alkyl halides is 2. The third-order valence-electron chi connectivity index (χ3n) is 4.81. The Hall–Kier alpha value is -2.59. The van der Waals surface area contributed by atoms with E-state index in [-0.39, 0.29) is 17.0 Å². The number of fused-ring (bicyclic) bond motifs is 2. The number of carbonyl (C=O) groups is 1. The summed E-state index contributed by atoms with van der Waals surface area (Å²) in [7, 11) is 0. The lowest BCUT2D eigenvalue weighted by atomic mass is 10.00. The first-order valence-electron chi connectivity index (χ1n) is 8.17. The molecular formula is C17H10BrClF2N6O. The molecule has 142 valence electrons. The second kappa shape index (κ2) is 5.95. The van der Waals surface area contributed by atoms with Crippen LogP contribution in [0.1, 0.15) is 17.9 Å². The molecule has 0 aliphatic heterocycles. The molecule has 0 radical (unpaired) electrons. The van der Waals surface area contributed by atoms with Crippen molar-refractivity contribution in [1.29, 1.82) is 0 Å². The Labute approximate surface area is 169 Å². The minimum atomic E-state index is -1.65. The van der Waals surface area contributed by atoms with Gasteiger partial charge in [-0.3, -0.25) is 14.9 Å². The predicted octanol–water partition coefficient (Wildman–Crippen LogP) is 4.18. The number of imidazole rings is 1. The number of rotatable bonds is 4. The van der Waals surface area contributed by atoms with Gasteiger partial charge in [0.1, 0.15) is 5.82 Å². The van der Waals surface area contributed by atoms with Gasteiger partial charge >= 0.3 is 0 Å². The molecule has 1 amide bonds. The lowest BCUT2D eigenvalue weighted by Gasteiger charge is -2.12. The van der Waals surface area contributed by atoms with Gasteiger partial charge < -0.3 is 9.72 Å². The quantitative estimate of drug-likeness (QED) is 0.348. The van der Waals surface area contributed by atoms with Crippen molar-refractivity contribution in [3.8, 4) is 11.3 Å². The second-order valence-corrected chi connectivity index (χ2v) is 8.22. The average Bonchev–Trinajstić information content (AvgIpc) is 3.03. The first kappa shape index (κ1) is 17.5. The summed E-state index contributed by atoms with van der Waals surface area (Å²) < 4.78 is 29.3. The third-order valence-corrected chi connectivity index (χ3v) is 6.04. The van der Waals surface area contributed by atoms with Gasteiger partial charge in [-0.2, -0.15) is 5.10 Å². The van der Waals surface area contributed by atoms with Gasteiger partial charge in [0.05, 0.1) is 34.8 Å². The van der Waals surface area contributed by atoms with Crippen molar-refractivity contribution in [2.45, 2.75) is 16.9 Å². The molecule has 0 spiro atoms. The summed E-state index contributed by atoms with van der Waals surface area (Å²) >= 11 is 9.33. The maximum atomic E-state index is 15.1. The molecular weight excluding hydrogens is 458 g/mol. The zero-order valence-electron chi connectivity index (χ0n) is 13.9. The number of carbonyl (C=O) groups excluding carboxylic acids is 1. The summed E-state index contributed by atoms with van der Waals surface area (Å²) in [5.74, 6) is -1.00. The van der Waals surface area contributed by atoms with Gasteiger partial charge in [0.25, 0.3) is 0 Å². The number of hydrogen-bond acceptors (Lipinski definition) is 4. The van der Waals surface area contributed by atoms with E-state index in [1.54, 1.807) is 16.8 Å². The monoisotopic (exact) mass is 466 g/mol. The molecule has 1 aliphatic carbocycles. The SMILES string of the molecule is O=CNc1cn2cc(-c3c(Cl)c(F)c(C4CC4(F)Br)c4[nH]ncc34)ncc2n1. The van der Waals surface area contributed by atoms with E-state index in [0.29, 0.717) is 40.0 Å². The number of aromatic nitrogens is 5. The third kappa shape index (κ3) is 2.51. The van der Waals surface area contributed by atoms with Crippen molar-refractivity contribution in [3.63, 3.8) is 0 Å². The van der Waals surface area contributed by atoms with Gasteiger partial charge in [-0.1, -0.05) is 11.6 Å². The fourth-order valence-electron chi connectivity index (χ4n) is 3.40. The molecule has 3 aromatic heterocycles. The topological polar surface area (TPSA) is 88.0 Å². The van der Waals surface area contributed by atoms with Crippen LogP contribution in [0.4, 0.5) is 14.6 Å². The Morgan fingerprint density at radius 3 is 2.93 bits per heavy atom. The molecule has 2 atom stereocenters. The van der Waals surface area contributed by atoms with Gasteiger partial charge in [0.2, 0.25) is 6.41 Å². The van der Waals surface area contributed by atoms with Crippen LogP contribution in [0.5, 0.6) is 0 Å². The fraction of sp³-hybridized carbons (Fsp3) is 0.176. The van der Waals surface area contributed by atoms with Crippen molar-refractivity contribution in [2.24, 2.45) is 0 Å². The van der Waals surface area contributed by atoms with Crippen molar-refractivity contribution in [2.75, 3.05) is 5.32 Å². The Bertz CT molecular complexity index is 1270. The number of halogens is 4. The molecule has 1 fully saturated rings. The summed E-state index contributed by atoms with van der Waals surface area (Å²) in [6, 6.07) is 0. The van der Waals surface area contributed by atoms with Crippen molar-refractivity contribution in [3.05, 3.63) is 41.2 Å². The smallest absolute Gasteiger partial charge is 0.212 e. The number of amides is 1. The molecule has 2 unspecified atom stereocenters. The highest BCUT2D eigenvalue weighted by Gasteiger charge is 2.56. The maximum absolute atomic E-state index is 15.1. The van der Waals surface area contributed by atoms with Crippen LogP contribution >= 0.6 is 27.5 Å². The van der Waals surface area contributed by atoms with Crippen molar-refractivity contribution >= 4 is 56.3 Å². The number of H-pyrrole nitrogens is 1. The van der Waals surface area contributed by atoms with Gasteiger partial charge in [-0.05, 0) is 15.9 Å². The number of aromatic amines is 1. The van der Waals surface area contributed by atoms with Crippen molar-refractivity contribution < 1.29 is 13.6 Å². The molecule has 2 N–H and O–H groups in total. The number of nitrogens with zero attached hydrogens (tertiary/aromatic N) is 4. The molecule has 1 saturated carbocycles. The Balaban J connectivity index is 1.72. The van der Waals surface area contributed by atoms with Crippen molar-refractivity contribution in [1.82, 2.24) is 24.6 Å². The number of benzene rings is 1. The van der Waals surface area contributed by atoms with Crippen LogP contribution in [0.25, 0.3) is 27.8 Å². The molecule has 5 rings (SSSR count). The Morgan fingerprint density at radius 1 is 1.43 bits per heavy atom. The zero-order valence-corrected chi connectivity index (χ0v) is 16.2. The van der Waals surface area contributed by atoms with Crippen LogP contribution in [0.3, 0.4) is 0 Å². The van der Waals surface area contributed by atoms with Crippen LogP contribution in [0.2, 0.25) is 5.02 Å². The minimum absolute atomic E-state index is 0.152. The van der Waals surface area contributed by atoms with E-state index in [9.17, 15) is 9.18 Å². The lowest BCUT2D eigenvalue weighted by molar-refractivity contribution is -0.105. The second-order valence-electron chi connectivity index (χ2n) is 6.52. The van der Waals surface area contributed by atoms with E-state index in [2.05, 4.69) is 41.4 Å². The molecule has 4 aromatic rings. The van der Waals surface area contributed by atoms with Crippen LogP contribution < -0.4 is 5.32 Å². The zero-order chi connectivity index (χ0) is 19.6. The molecule has 0 bridgehead atoms. The molecule has 7 nitrogen and oxygen atoms in total. The minimum Gasteiger partial charge on any atom is -0.312 e. The van der Waals surface area contributed by atoms with Crippen LogP contribution in [0, 0.1) is 5.82 Å². The summed E-state index contributed by atoms with van der Waals surface area (Å²) in [6.45, 7) is 0. The standard InChI is InChI=1S/C17H10BrClF2N6O/c18-17(21)1-8(17)13-15(20)14(19)12(7-2-24-26-16(7)13)9-4-27-5-10(23-6-28)25-11(27)3-22-9/h2-6,8H,1H2,(H,23,28)(H,24,26). The first-order valence-corrected chi connectivity index (χ1v) is 9.35. The molecule has 11 heteroatoms. The van der Waals surface area contributed by atoms with Crippen LogP contribution in [0.15, 0.2) is 24.8 Å². The van der Waals surface area contributed by atoms with Gasteiger partial charge in [0, 0.05) is 35.0 Å². The van der Waals surface area contributed by atoms with E-state index >= 15 is 4.39 Å². The van der Waals surface area contributed by atoms with Gasteiger partial charge in [-0.15, -0.1) is 0 Å². The summed E-state index contributed by atoms with van der Waals surface area (Å²) in [5.41, 5.74) is 1.76. The largest absolute Gasteiger partial charge is 0.312 e. The highest BCUT2D eigenvalue weighted by molar-refractivity contribution is 9.10. The van der Waals surface area contributed by atoms with E-state index in [4.69, 9.17) is 11.6 Å². The number of anilines is 1. The predicted molar refractivity (Wildman–Crippen MR) is 103 cm³/mol. The lowest BCUT2D eigenvalue weighted by Crippen LogP contribution is -2.00. The molecule has 28 heavy (non-hydrogen) atoms. The highest BCUT2D eigenvalue weighted by Crippen LogP contribution is 2.61. The summed E-state index contributed by atoms with van der Waals surface area (Å²) in [6.07, 6.45) is 6.86. The molecule has 1 aliphatic rings. The Kier molecular flexibility index (Phi) is 3.72. The van der Waals surface area contributed by atoms with Crippen LogP contribution in [-0.4, -0.2) is 35.6 Å². The summed E-state index contributed by atoms with van der Waals surface area (Å²) in [4.78, 5) is 19.1. The van der Waals surface area contributed by atoms with E-state index < -0.39 is 16.3 Å². The van der Waals surface area contributed by atoms with E-state index in [1.165, 1.54) is 12.4 Å². The fourth-order valence-corrected chi connectivity index (χ4v) is 4.25. The normalized spacial score (nSPS) is 21.4. The van der Waals surface area contributed by atoms with Gasteiger partial charge in [0.15, 0.2) is 16.0 Å². The van der Waals surface area contributed by atoms with Crippen LogP contribution in [-0.2, 0) is 4.79 Å². The molecule has 0 saturated heterocycles. The maximum Gasteiger partial charge on any atom is 0.212 e. The van der Waals surface area contributed by atoms with Gasteiger partial charge in [-0.25, -0.2) is 13.8 Å². The first-order chi connectivity index (χ1) is 13.4. The average molecular weight is 468 g/mol. The summed E-state index contributed by atoms with van der Waals surface area (Å²) in [5, 5.41) is 9.58. The Morgan fingerprint density at radius 2 is 2.21 bits per heavy atom. The molecule has 1 aromatic carbocycles. The molecule has 3 heterocycles. The number of hydrogen-bond donors (Lipinski definition) is 2.